The van der Waals surface area contributed by atoms with Crippen LogP contribution in [0.1, 0.15) is 31.7 Å². The van der Waals surface area contributed by atoms with Gasteiger partial charge in [-0.2, -0.15) is 0 Å². The van der Waals surface area contributed by atoms with Crippen molar-refractivity contribution in [3.05, 3.63) is 48.0 Å². The molecule has 0 aliphatic heterocycles. The molecule has 1 fully saturated rings. The molecule has 0 amide bonds. The Balaban J connectivity index is 2.38. The van der Waals surface area contributed by atoms with E-state index in [0.29, 0.717) is 5.41 Å². The Morgan fingerprint density at radius 3 is 2.23 bits per heavy atom. The highest BCUT2D eigenvalue weighted by atomic mass is 14.4. The van der Waals surface area contributed by atoms with Crippen molar-refractivity contribution in [2.24, 2.45) is 0 Å². The number of benzene rings is 1. The highest BCUT2D eigenvalue weighted by molar-refractivity contribution is 5.36. The second kappa shape index (κ2) is 3.02. The minimum absolute atomic E-state index is 0.321. The van der Waals surface area contributed by atoms with Gasteiger partial charge in [0.25, 0.3) is 0 Å². The minimum Gasteiger partial charge on any atom is -0.0992 e. The van der Waals surface area contributed by atoms with E-state index < -0.39 is 0 Å². The number of hydrogen-bond donors (Lipinski definition) is 0. The zero-order valence-electron chi connectivity index (χ0n) is 8.22. The summed E-state index contributed by atoms with van der Waals surface area (Å²) in [5, 5.41) is 0. The molecule has 68 valence electrons. The van der Waals surface area contributed by atoms with Gasteiger partial charge in [0.05, 0.1) is 0 Å². The van der Waals surface area contributed by atoms with Crippen LogP contribution >= 0.6 is 0 Å². The zero-order chi connectivity index (χ0) is 9.31. The quantitative estimate of drug-likeness (QED) is 0.597. The van der Waals surface area contributed by atoms with Gasteiger partial charge in [-0.1, -0.05) is 48.9 Å². The van der Waals surface area contributed by atoms with Gasteiger partial charge in [0.1, 0.15) is 0 Å². The Morgan fingerprint density at radius 1 is 1.23 bits per heavy atom. The van der Waals surface area contributed by atoms with E-state index in [1.807, 2.05) is 0 Å². The lowest BCUT2D eigenvalue weighted by molar-refractivity contribution is 0.295. The summed E-state index contributed by atoms with van der Waals surface area (Å²) < 4.78 is 0. The third-order valence-electron chi connectivity index (χ3n) is 3.35. The van der Waals surface area contributed by atoms with Crippen molar-refractivity contribution in [2.75, 3.05) is 0 Å². The van der Waals surface area contributed by atoms with Crippen LogP contribution in [0.4, 0.5) is 0 Å². The Labute approximate surface area is 80.3 Å². The summed E-state index contributed by atoms with van der Waals surface area (Å²) in [6, 6.07) is 10.8. The van der Waals surface area contributed by atoms with Gasteiger partial charge in [-0.15, -0.1) is 0 Å². The van der Waals surface area contributed by atoms with Gasteiger partial charge in [0.2, 0.25) is 0 Å². The van der Waals surface area contributed by atoms with E-state index >= 15 is 0 Å². The fourth-order valence-corrected chi connectivity index (χ4v) is 2.25. The lowest BCUT2D eigenvalue weighted by Crippen LogP contribution is -2.34. The maximum absolute atomic E-state index is 4.13. The molecule has 1 aromatic rings. The molecule has 0 saturated heterocycles. The summed E-state index contributed by atoms with van der Waals surface area (Å²) in [5.74, 6) is 0. The monoisotopic (exact) mass is 172 g/mol. The largest absolute Gasteiger partial charge is 0.0992 e. The number of allylic oxidation sites excluding steroid dienone is 1. The van der Waals surface area contributed by atoms with E-state index in [4.69, 9.17) is 0 Å². The molecular weight excluding hydrogens is 156 g/mol. The molecule has 1 aliphatic rings. The SMILES string of the molecule is C=C(C)C1(c2ccccc2)CCC1. The molecule has 0 heteroatoms. The first-order valence-electron chi connectivity index (χ1n) is 4.97. The van der Waals surface area contributed by atoms with E-state index in [2.05, 4.69) is 43.8 Å². The summed E-state index contributed by atoms with van der Waals surface area (Å²) >= 11 is 0. The van der Waals surface area contributed by atoms with Gasteiger partial charge in [-0.05, 0) is 25.3 Å². The third-order valence-corrected chi connectivity index (χ3v) is 3.35. The van der Waals surface area contributed by atoms with E-state index in [-0.39, 0.29) is 0 Å². The van der Waals surface area contributed by atoms with Crippen molar-refractivity contribution < 1.29 is 0 Å². The van der Waals surface area contributed by atoms with E-state index in [0.717, 1.165) is 0 Å². The summed E-state index contributed by atoms with van der Waals surface area (Å²) in [6.07, 6.45) is 3.92. The first-order valence-corrected chi connectivity index (χ1v) is 4.97. The molecule has 2 rings (SSSR count). The average molecular weight is 172 g/mol. The third kappa shape index (κ3) is 1.21. The second-order valence-corrected chi connectivity index (χ2v) is 4.08. The second-order valence-electron chi connectivity index (χ2n) is 4.08. The number of hydrogen-bond acceptors (Lipinski definition) is 0. The average Bonchev–Trinajstić information content (AvgIpc) is 2.03. The van der Waals surface area contributed by atoms with Gasteiger partial charge in [-0.25, -0.2) is 0 Å². The van der Waals surface area contributed by atoms with Gasteiger partial charge < -0.3 is 0 Å². The molecule has 0 N–H and O–H groups in total. The lowest BCUT2D eigenvalue weighted by atomic mass is 9.61. The number of rotatable bonds is 2. The van der Waals surface area contributed by atoms with Crippen molar-refractivity contribution >= 4 is 0 Å². The molecule has 0 unspecified atom stereocenters. The van der Waals surface area contributed by atoms with Crippen molar-refractivity contribution in [1.82, 2.24) is 0 Å². The molecule has 1 aromatic carbocycles. The standard InChI is InChI=1S/C13H16/c1-11(2)13(9-6-10-13)12-7-4-3-5-8-12/h3-5,7-8H,1,6,9-10H2,2H3. The van der Waals surface area contributed by atoms with Gasteiger partial charge in [0, 0.05) is 5.41 Å². The Kier molecular flexibility index (Phi) is 1.99. The first kappa shape index (κ1) is 8.55. The Bertz CT molecular complexity index is 304. The summed E-state index contributed by atoms with van der Waals surface area (Å²) in [6.45, 7) is 6.28. The van der Waals surface area contributed by atoms with Crippen LogP contribution in [0.3, 0.4) is 0 Å². The molecular formula is C13H16. The van der Waals surface area contributed by atoms with Crippen molar-refractivity contribution in [1.29, 1.82) is 0 Å². The fraction of sp³-hybridized carbons (Fsp3) is 0.385. The van der Waals surface area contributed by atoms with Crippen LogP contribution < -0.4 is 0 Å². The van der Waals surface area contributed by atoms with E-state index in [1.165, 1.54) is 30.4 Å². The van der Waals surface area contributed by atoms with Crippen molar-refractivity contribution in [3.63, 3.8) is 0 Å². The maximum Gasteiger partial charge on any atom is 0.0156 e. The van der Waals surface area contributed by atoms with Crippen molar-refractivity contribution in [2.45, 2.75) is 31.6 Å². The van der Waals surface area contributed by atoms with E-state index in [9.17, 15) is 0 Å². The molecule has 0 nitrogen and oxygen atoms in total. The molecule has 0 heterocycles. The van der Waals surface area contributed by atoms with Crippen molar-refractivity contribution in [3.8, 4) is 0 Å². The highest BCUT2D eigenvalue weighted by Crippen LogP contribution is 2.48. The molecule has 0 spiro atoms. The molecule has 0 radical (unpaired) electrons. The normalized spacial score (nSPS) is 19.2. The molecule has 1 saturated carbocycles. The van der Waals surface area contributed by atoms with Crippen LogP contribution in [0.5, 0.6) is 0 Å². The summed E-state index contributed by atoms with van der Waals surface area (Å²) in [7, 11) is 0. The first-order chi connectivity index (χ1) is 6.26. The highest BCUT2D eigenvalue weighted by Gasteiger charge is 2.38. The molecule has 0 aromatic heterocycles. The topological polar surface area (TPSA) is 0 Å². The fourth-order valence-electron chi connectivity index (χ4n) is 2.25. The lowest BCUT2D eigenvalue weighted by Gasteiger charge is -2.43. The van der Waals surface area contributed by atoms with E-state index in [1.54, 1.807) is 0 Å². The van der Waals surface area contributed by atoms with Crippen LogP contribution in [0.15, 0.2) is 42.5 Å². The Morgan fingerprint density at radius 2 is 1.85 bits per heavy atom. The summed E-state index contributed by atoms with van der Waals surface area (Å²) in [5.41, 5.74) is 3.10. The Hall–Kier alpha value is -1.04. The van der Waals surface area contributed by atoms with Crippen LogP contribution in [0.25, 0.3) is 0 Å². The smallest absolute Gasteiger partial charge is 0.0156 e. The van der Waals surface area contributed by atoms with Crippen LogP contribution in [0, 0.1) is 0 Å². The van der Waals surface area contributed by atoms with Crippen LogP contribution in [-0.4, -0.2) is 0 Å². The maximum atomic E-state index is 4.13. The van der Waals surface area contributed by atoms with Gasteiger partial charge in [-0.3, -0.25) is 0 Å². The molecule has 0 bridgehead atoms. The van der Waals surface area contributed by atoms with Gasteiger partial charge in [0.15, 0.2) is 0 Å². The van der Waals surface area contributed by atoms with Crippen LogP contribution in [-0.2, 0) is 5.41 Å². The minimum atomic E-state index is 0.321. The van der Waals surface area contributed by atoms with Crippen LogP contribution in [0.2, 0.25) is 0 Å². The molecule has 1 aliphatic carbocycles. The molecule has 0 atom stereocenters. The predicted molar refractivity (Wildman–Crippen MR) is 56.8 cm³/mol. The zero-order valence-corrected chi connectivity index (χ0v) is 8.22. The summed E-state index contributed by atoms with van der Waals surface area (Å²) in [4.78, 5) is 0. The molecule has 13 heavy (non-hydrogen) atoms. The van der Waals surface area contributed by atoms with Gasteiger partial charge >= 0.3 is 0 Å². The predicted octanol–water partition coefficient (Wildman–Crippen LogP) is 3.68.